The van der Waals surface area contributed by atoms with Crippen LogP contribution in [0.2, 0.25) is 0 Å². The Morgan fingerprint density at radius 1 is 1.42 bits per heavy atom. The summed E-state index contributed by atoms with van der Waals surface area (Å²) in [5.41, 5.74) is 0.336. The molecule has 1 aromatic rings. The lowest BCUT2D eigenvalue weighted by Gasteiger charge is -2.38. The van der Waals surface area contributed by atoms with Crippen LogP contribution >= 0.6 is 0 Å². The summed E-state index contributed by atoms with van der Waals surface area (Å²) in [6, 6.07) is 3.57. The fourth-order valence-corrected chi connectivity index (χ4v) is 2.17. The van der Waals surface area contributed by atoms with E-state index in [1.54, 1.807) is 0 Å². The Labute approximate surface area is 111 Å². The Bertz CT molecular complexity index is 471. The molecule has 1 aromatic carbocycles. The number of hydrogen-bond acceptors (Lipinski definition) is 2. The molecule has 19 heavy (non-hydrogen) atoms. The van der Waals surface area contributed by atoms with Crippen LogP contribution in [0.5, 0.6) is 0 Å². The van der Waals surface area contributed by atoms with Crippen molar-refractivity contribution >= 4 is 5.91 Å². The molecule has 0 spiro atoms. The largest absolute Gasteiger partial charge is 0.354 e. The Hall–Kier alpha value is -1.49. The van der Waals surface area contributed by atoms with Crippen molar-refractivity contribution in [3.05, 3.63) is 35.4 Å². The molecule has 1 N–H and O–H groups in total. The van der Waals surface area contributed by atoms with Gasteiger partial charge in [-0.3, -0.25) is 9.69 Å². The summed E-state index contributed by atoms with van der Waals surface area (Å²) in [5, 5.41) is 2.85. The molecule has 3 nitrogen and oxygen atoms in total. The summed E-state index contributed by atoms with van der Waals surface area (Å²) in [5.74, 6) is -0.854. The summed E-state index contributed by atoms with van der Waals surface area (Å²) >= 11 is 0. The molecule has 1 fully saturated rings. The number of likely N-dealkylation sites (tertiary alicyclic amines) is 1. The maximum atomic E-state index is 13.4. The van der Waals surface area contributed by atoms with Gasteiger partial charge in [0.25, 0.3) is 0 Å². The molecule has 104 valence electrons. The van der Waals surface area contributed by atoms with Crippen LogP contribution in [0, 0.1) is 17.6 Å². The van der Waals surface area contributed by atoms with Crippen LogP contribution in [0.1, 0.15) is 19.4 Å². The van der Waals surface area contributed by atoms with E-state index in [1.807, 2.05) is 18.7 Å². The molecule has 5 heteroatoms. The lowest BCUT2D eigenvalue weighted by molar-refractivity contribution is -0.131. The van der Waals surface area contributed by atoms with Gasteiger partial charge in [-0.25, -0.2) is 8.78 Å². The first-order chi connectivity index (χ1) is 8.95. The normalized spacial score (nSPS) is 16.5. The van der Waals surface area contributed by atoms with Gasteiger partial charge < -0.3 is 5.32 Å². The molecular formula is C14H18F2N2O. The Morgan fingerprint density at radius 2 is 2.11 bits per heavy atom. The van der Waals surface area contributed by atoms with Crippen molar-refractivity contribution in [1.29, 1.82) is 0 Å². The molecule has 0 radical (unpaired) electrons. The van der Waals surface area contributed by atoms with E-state index in [2.05, 4.69) is 5.32 Å². The van der Waals surface area contributed by atoms with Gasteiger partial charge in [0.15, 0.2) is 0 Å². The average molecular weight is 268 g/mol. The zero-order valence-electron chi connectivity index (χ0n) is 11.1. The first kappa shape index (κ1) is 13.9. The minimum atomic E-state index is -0.439. The van der Waals surface area contributed by atoms with Crippen LogP contribution in [-0.2, 0) is 11.3 Å². The van der Waals surface area contributed by atoms with E-state index < -0.39 is 11.6 Å². The van der Waals surface area contributed by atoms with Crippen molar-refractivity contribution in [2.24, 2.45) is 5.92 Å². The monoisotopic (exact) mass is 268 g/mol. The predicted molar refractivity (Wildman–Crippen MR) is 68.4 cm³/mol. The Kier molecular flexibility index (Phi) is 4.14. The van der Waals surface area contributed by atoms with E-state index >= 15 is 0 Å². The summed E-state index contributed by atoms with van der Waals surface area (Å²) in [6.07, 6.45) is 0. The quantitative estimate of drug-likeness (QED) is 0.905. The third kappa shape index (κ3) is 3.50. The van der Waals surface area contributed by atoms with Crippen molar-refractivity contribution in [3.8, 4) is 0 Å². The Morgan fingerprint density at radius 3 is 2.74 bits per heavy atom. The first-order valence-corrected chi connectivity index (χ1v) is 6.42. The number of amides is 1. The molecule has 0 aliphatic carbocycles. The van der Waals surface area contributed by atoms with Crippen molar-refractivity contribution in [2.75, 3.05) is 13.1 Å². The minimum Gasteiger partial charge on any atom is -0.354 e. The van der Waals surface area contributed by atoms with Gasteiger partial charge in [0, 0.05) is 31.2 Å². The molecule has 0 unspecified atom stereocenters. The number of carbonyl (C=O) groups excluding carboxylic acids is 1. The van der Waals surface area contributed by atoms with E-state index in [9.17, 15) is 13.6 Å². The van der Waals surface area contributed by atoms with Crippen LogP contribution in [-0.4, -0.2) is 29.9 Å². The maximum Gasteiger partial charge on any atom is 0.225 e. The number of halogens is 2. The maximum absolute atomic E-state index is 13.4. The number of carbonyl (C=O) groups is 1. The van der Waals surface area contributed by atoms with Gasteiger partial charge in [-0.15, -0.1) is 0 Å². The van der Waals surface area contributed by atoms with Gasteiger partial charge in [0.2, 0.25) is 5.91 Å². The van der Waals surface area contributed by atoms with Gasteiger partial charge in [0.05, 0.1) is 5.92 Å². The van der Waals surface area contributed by atoms with E-state index in [4.69, 9.17) is 0 Å². The topological polar surface area (TPSA) is 32.3 Å². The fourth-order valence-electron chi connectivity index (χ4n) is 2.17. The number of nitrogens with zero attached hydrogens (tertiary/aromatic N) is 1. The molecule has 1 heterocycles. The molecule has 1 saturated heterocycles. The third-order valence-corrected chi connectivity index (χ3v) is 3.16. The van der Waals surface area contributed by atoms with Gasteiger partial charge >= 0.3 is 0 Å². The molecule has 1 aliphatic heterocycles. The highest BCUT2D eigenvalue weighted by atomic mass is 19.1. The molecule has 1 aliphatic rings. The molecule has 1 amide bonds. The molecule has 0 aromatic heterocycles. The highest BCUT2D eigenvalue weighted by molar-refractivity contribution is 5.80. The van der Waals surface area contributed by atoms with Crippen molar-refractivity contribution in [3.63, 3.8) is 0 Å². The van der Waals surface area contributed by atoms with Gasteiger partial charge in [-0.05, 0) is 32.0 Å². The van der Waals surface area contributed by atoms with Crippen LogP contribution in [0.3, 0.4) is 0 Å². The highest BCUT2D eigenvalue weighted by Gasteiger charge is 2.32. The predicted octanol–water partition coefficient (Wildman–Crippen LogP) is 1.92. The number of nitrogens with one attached hydrogen (secondary N) is 1. The second-order valence-electron chi connectivity index (χ2n) is 5.29. The van der Waals surface area contributed by atoms with Crippen LogP contribution in [0.25, 0.3) is 0 Å². The standard InChI is InChI=1S/C14H18F2N2O/c1-9(2)17-14(19)11-7-18(8-11)6-10-5-12(15)3-4-13(10)16/h3-5,9,11H,6-8H2,1-2H3,(H,17,19). The average Bonchev–Trinajstić information content (AvgIpc) is 2.26. The molecule has 0 atom stereocenters. The van der Waals surface area contributed by atoms with E-state index in [0.717, 1.165) is 12.1 Å². The second-order valence-corrected chi connectivity index (χ2v) is 5.29. The SMILES string of the molecule is CC(C)NC(=O)C1CN(Cc2cc(F)ccc2F)C1. The zero-order chi connectivity index (χ0) is 14.0. The van der Waals surface area contributed by atoms with Gasteiger partial charge in [-0.1, -0.05) is 0 Å². The number of rotatable bonds is 4. The third-order valence-electron chi connectivity index (χ3n) is 3.16. The summed E-state index contributed by atoms with van der Waals surface area (Å²) < 4.78 is 26.5. The van der Waals surface area contributed by atoms with Crippen molar-refractivity contribution in [2.45, 2.75) is 26.4 Å². The van der Waals surface area contributed by atoms with E-state index in [1.165, 1.54) is 6.07 Å². The molecule has 0 bridgehead atoms. The minimum absolute atomic E-state index is 0.0333. The smallest absolute Gasteiger partial charge is 0.225 e. The summed E-state index contributed by atoms with van der Waals surface area (Å²) in [7, 11) is 0. The van der Waals surface area contributed by atoms with E-state index in [0.29, 0.717) is 25.2 Å². The van der Waals surface area contributed by atoms with E-state index in [-0.39, 0.29) is 17.9 Å². The Balaban J connectivity index is 1.85. The summed E-state index contributed by atoms with van der Waals surface area (Å²) in [6.45, 7) is 5.35. The zero-order valence-corrected chi connectivity index (χ0v) is 11.1. The molecular weight excluding hydrogens is 250 g/mol. The van der Waals surface area contributed by atoms with Crippen molar-refractivity contribution < 1.29 is 13.6 Å². The number of benzene rings is 1. The van der Waals surface area contributed by atoms with Crippen LogP contribution in [0.4, 0.5) is 8.78 Å². The van der Waals surface area contributed by atoms with Crippen molar-refractivity contribution in [1.82, 2.24) is 10.2 Å². The molecule has 2 rings (SSSR count). The summed E-state index contributed by atoms with van der Waals surface area (Å²) in [4.78, 5) is 13.6. The number of hydrogen-bond donors (Lipinski definition) is 1. The lowest BCUT2D eigenvalue weighted by Crippen LogP contribution is -2.54. The fraction of sp³-hybridized carbons (Fsp3) is 0.500. The molecule has 0 saturated carbocycles. The van der Waals surface area contributed by atoms with Gasteiger partial charge in [-0.2, -0.15) is 0 Å². The second kappa shape index (κ2) is 5.65. The van der Waals surface area contributed by atoms with Gasteiger partial charge in [0.1, 0.15) is 11.6 Å². The first-order valence-electron chi connectivity index (χ1n) is 6.42. The lowest BCUT2D eigenvalue weighted by atomic mass is 9.98. The van der Waals surface area contributed by atoms with Crippen LogP contribution in [0.15, 0.2) is 18.2 Å². The van der Waals surface area contributed by atoms with Crippen LogP contribution < -0.4 is 5.32 Å². The highest BCUT2D eigenvalue weighted by Crippen LogP contribution is 2.20.